The van der Waals surface area contributed by atoms with Crippen molar-refractivity contribution in [2.75, 3.05) is 11.4 Å². The summed E-state index contributed by atoms with van der Waals surface area (Å²) in [6.07, 6.45) is 1.15. The van der Waals surface area contributed by atoms with Crippen LogP contribution in [-0.4, -0.2) is 47.7 Å². The first-order valence-corrected chi connectivity index (χ1v) is 8.71. The van der Waals surface area contributed by atoms with Crippen LogP contribution in [0, 0.1) is 11.6 Å². The summed E-state index contributed by atoms with van der Waals surface area (Å²) in [4.78, 5) is 12.7. The molecule has 2 heterocycles. The Hall–Kier alpha value is -2.97. The minimum atomic E-state index is -6.28. The zero-order chi connectivity index (χ0) is 20.7. The monoisotopic (exact) mass is 428 g/mol. The highest BCUT2D eigenvalue weighted by atomic mass is 32.2. The summed E-state index contributed by atoms with van der Waals surface area (Å²) in [6, 6.07) is 0.896. The third-order valence-electron chi connectivity index (χ3n) is 3.51. The number of carbonyl (C=O) groups excluding carboxylic acids is 1. The van der Waals surface area contributed by atoms with Crippen LogP contribution in [0.3, 0.4) is 0 Å². The van der Waals surface area contributed by atoms with Crippen molar-refractivity contribution in [2.45, 2.75) is 18.2 Å². The van der Waals surface area contributed by atoms with E-state index in [1.807, 2.05) is 0 Å². The van der Waals surface area contributed by atoms with Crippen LogP contribution in [0.2, 0.25) is 0 Å². The maximum absolute atomic E-state index is 14.0. The van der Waals surface area contributed by atoms with Crippen molar-refractivity contribution in [1.82, 2.24) is 15.0 Å². The molecule has 0 bridgehead atoms. The van der Waals surface area contributed by atoms with E-state index in [0.717, 1.165) is 4.90 Å². The van der Waals surface area contributed by atoms with E-state index in [9.17, 15) is 35.2 Å². The Kier molecular flexibility index (Phi) is 4.86. The van der Waals surface area contributed by atoms with E-state index in [2.05, 4.69) is 14.5 Å². The number of aromatic nitrogens is 3. The van der Waals surface area contributed by atoms with Crippen molar-refractivity contribution in [3.63, 3.8) is 0 Å². The van der Waals surface area contributed by atoms with E-state index in [1.54, 1.807) is 0 Å². The summed E-state index contributed by atoms with van der Waals surface area (Å²) in [6.45, 7) is -0.0587. The van der Waals surface area contributed by atoms with Crippen LogP contribution in [0.4, 0.5) is 32.4 Å². The lowest BCUT2D eigenvalue weighted by molar-refractivity contribution is -0.0501. The Balaban J connectivity index is 1.81. The van der Waals surface area contributed by atoms with Gasteiger partial charge >= 0.3 is 21.7 Å². The first kappa shape index (κ1) is 19.8. The molecule has 1 atom stereocenters. The molecule has 3 rings (SSSR count). The normalized spacial score (nSPS) is 17.7. The minimum Gasteiger partial charge on any atom is -0.442 e. The van der Waals surface area contributed by atoms with Gasteiger partial charge in [0.05, 0.1) is 25.0 Å². The van der Waals surface area contributed by atoms with Crippen LogP contribution in [-0.2, 0) is 21.4 Å². The Morgan fingerprint density at radius 2 is 1.89 bits per heavy atom. The van der Waals surface area contributed by atoms with E-state index in [1.165, 1.54) is 17.1 Å². The number of rotatable bonds is 5. The van der Waals surface area contributed by atoms with Gasteiger partial charge in [-0.15, -0.1) is 5.10 Å². The molecule has 28 heavy (non-hydrogen) atoms. The molecule has 2 aromatic rings. The predicted molar refractivity (Wildman–Crippen MR) is 79.6 cm³/mol. The smallest absolute Gasteiger partial charge is 0.442 e. The van der Waals surface area contributed by atoms with Crippen LogP contribution in [0.1, 0.15) is 0 Å². The number of halogens is 5. The van der Waals surface area contributed by atoms with Crippen LogP contribution in [0.5, 0.6) is 5.75 Å². The molecular weight excluding hydrogens is 419 g/mol. The van der Waals surface area contributed by atoms with E-state index in [0.29, 0.717) is 12.1 Å². The van der Waals surface area contributed by atoms with E-state index < -0.39 is 50.9 Å². The number of hydrogen-bond acceptors (Lipinski definition) is 7. The van der Waals surface area contributed by atoms with Gasteiger partial charge in [0.15, 0.2) is 11.6 Å². The zero-order valence-electron chi connectivity index (χ0n) is 13.4. The summed E-state index contributed by atoms with van der Waals surface area (Å²) < 4.78 is 96.7. The van der Waals surface area contributed by atoms with Crippen LogP contribution in [0.25, 0.3) is 0 Å². The SMILES string of the molecule is O=C1OC(Cn2ccnn2)CN1c1cc(F)c(OS(=O)(=O)C(F)(F)F)c(F)c1. The summed E-state index contributed by atoms with van der Waals surface area (Å²) in [5.74, 6) is -5.28. The Labute approximate surface area is 153 Å². The molecule has 1 amide bonds. The maximum Gasteiger partial charge on any atom is 0.534 e. The third kappa shape index (κ3) is 3.83. The molecule has 0 aliphatic carbocycles. The zero-order valence-corrected chi connectivity index (χ0v) is 14.2. The topological polar surface area (TPSA) is 104 Å². The second kappa shape index (κ2) is 6.88. The molecule has 0 spiro atoms. The number of alkyl halides is 3. The van der Waals surface area contributed by atoms with Gasteiger partial charge in [0.1, 0.15) is 6.10 Å². The van der Waals surface area contributed by atoms with Gasteiger partial charge in [-0.05, 0) is 0 Å². The fourth-order valence-corrected chi connectivity index (χ4v) is 2.78. The molecule has 1 aliphatic rings. The van der Waals surface area contributed by atoms with Crippen LogP contribution >= 0.6 is 0 Å². The molecule has 1 aromatic carbocycles. The van der Waals surface area contributed by atoms with Crippen molar-refractivity contribution in [1.29, 1.82) is 0 Å². The highest BCUT2D eigenvalue weighted by Crippen LogP contribution is 2.34. The highest BCUT2D eigenvalue weighted by Gasteiger charge is 2.49. The Morgan fingerprint density at radius 3 is 2.43 bits per heavy atom. The Bertz CT molecular complexity index is 972. The molecule has 9 nitrogen and oxygen atoms in total. The number of cyclic esters (lactones) is 1. The predicted octanol–water partition coefficient (Wildman–Crippen LogP) is 1.81. The lowest BCUT2D eigenvalue weighted by Crippen LogP contribution is -2.29. The first-order valence-electron chi connectivity index (χ1n) is 7.30. The van der Waals surface area contributed by atoms with Gasteiger partial charge in [0.25, 0.3) is 0 Å². The van der Waals surface area contributed by atoms with Crippen LogP contribution < -0.4 is 9.08 Å². The summed E-state index contributed by atoms with van der Waals surface area (Å²) in [7, 11) is -6.28. The number of hydrogen-bond donors (Lipinski definition) is 0. The fourth-order valence-electron chi connectivity index (χ4n) is 2.31. The average Bonchev–Trinajstić information content (AvgIpc) is 3.19. The summed E-state index contributed by atoms with van der Waals surface area (Å²) >= 11 is 0. The van der Waals surface area contributed by atoms with E-state index in [-0.39, 0.29) is 13.1 Å². The number of amides is 1. The minimum absolute atomic E-state index is 0.0955. The molecule has 1 aromatic heterocycles. The van der Waals surface area contributed by atoms with Crippen LogP contribution in [0.15, 0.2) is 24.5 Å². The third-order valence-corrected chi connectivity index (χ3v) is 4.46. The number of carbonyl (C=O) groups is 1. The number of anilines is 1. The van der Waals surface area contributed by atoms with Gasteiger partial charge < -0.3 is 8.92 Å². The van der Waals surface area contributed by atoms with Crippen molar-refractivity contribution in [3.05, 3.63) is 36.2 Å². The molecule has 1 saturated heterocycles. The van der Waals surface area contributed by atoms with Gasteiger partial charge in [-0.25, -0.2) is 18.3 Å². The van der Waals surface area contributed by atoms with Gasteiger partial charge in [-0.2, -0.15) is 21.6 Å². The van der Waals surface area contributed by atoms with Gasteiger partial charge in [0.2, 0.25) is 5.75 Å². The molecule has 1 fully saturated rings. The number of nitrogens with zero attached hydrogens (tertiary/aromatic N) is 4. The second-order valence-electron chi connectivity index (χ2n) is 5.46. The standard InChI is InChI=1S/C13H9F5N4O5S/c14-9-3-7(4-10(15)11(9)27-28(24,25)13(16,17)18)22-6-8(26-12(22)23)5-21-2-1-19-20-21/h1-4,8H,5-6H2. The molecule has 1 unspecified atom stereocenters. The number of benzene rings is 1. The van der Waals surface area contributed by atoms with Crippen molar-refractivity contribution in [2.24, 2.45) is 0 Å². The highest BCUT2D eigenvalue weighted by molar-refractivity contribution is 7.88. The van der Waals surface area contributed by atoms with Crippen molar-refractivity contribution in [3.8, 4) is 5.75 Å². The number of ether oxygens (including phenoxy) is 1. The molecule has 0 radical (unpaired) electrons. The Morgan fingerprint density at radius 1 is 1.25 bits per heavy atom. The molecule has 15 heteroatoms. The van der Waals surface area contributed by atoms with Gasteiger partial charge in [0, 0.05) is 18.3 Å². The lowest BCUT2D eigenvalue weighted by Gasteiger charge is -2.16. The van der Waals surface area contributed by atoms with Crippen molar-refractivity contribution < 1.29 is 44.1 Å². The largest absolute Gasteiger partial charge is 0.534 e. The maximum atomic E-state index is 14.0. The summed E-state index contributed by atoms with van der Waals surface area (Å²) in [5.41, 5.74) is -6.28. The fraction of sp³-hybridized carbons (Fsp3) is 0.308. The van der Waals surface area contributed by atoms with E-state index >= 15 is 0 Å². The molecule has 152 valence electrons. The van der Waals surface area contributed by atoms with Crippen molar-refractivity contribution >= 4 is 21.9 Å². The van der Waals surface area contributed by atoms with Gasteiger partial charge in [-0.1, -0.05) is 5.21 Å². The average molecular weight is 428 g/mol. The molecule has 0 N–H and O–H groups in total. The molecule has 1 aliphatic heterocycles. The summed E-state index contributed by atoms with van der Waals surface area (Å²) in [5, 5.41) is 7.22. The first-order chi connectivity index (χ1) is 13.0. The van der Waals surface area contributed by atoms with E-state index in [4.69, 9.17) is 4.74 Å². The molecular formula is C13H9F5N4O5S. The quantitative estimate of drug-likeness (QED) is 0.407. The molecule has 0 saturated carbocycles. The second-order valence-corrected chi connectivity index (χ2v) is 7.00. The van der Waals surface area contributed by atoms with Gasteiger partial charge in [-0.3, -0.25) is 4.90 Å². The lowest BCUT2D eigenvalue weighted by atomic mass is 10.2.